The van der Waals surface area contributed by atoms with Gasteiger partial charge < -0.3 is 10.6 Å². The van der Waals surface area contributed by atoms with Crippen LogP contribution in [0.2, 0.25) is 0 Å². The van der Waals surface area contributed by atoms with E-state index in [9.17, 15) is 0 Å². The summed E-state index contributed by atoms with van der Waals surface area (Å²) in [5.41, 5.74) is 7.72. The number of benzene rings is 1. The van der Waals surface area contributed by atoms with Crippen LogP contribution in [-0.4, -0.2) is 13.1 Å². The molecule has 0 radical (unpaired) electrons. The topological polar surface area (TPSA) is 29.3 Å². The number of nitrogen functional groups attached to an aromatic ring is 1. The molecule has 0 aliphatic rings. The van der Waals surface area contributed by atoms with Crippen molar-refractivity contribution in [2.45, 2.75) is 32.7 Å². The first-order chi connectivity index (χ1) is 7.10. The summed E-state index contributed by atoms with van der Waals surface area (Å²) in [7, 11) is 2.13. The Hall–Kier alpha value is -0.700. The van der Waals surface area contributed by atoms with Crippen LogP contribution in [-0.2, 0) is 0 Å². The first-order valence-electron chi connectivity index (χ1n) is 5.38. The average molecular weight is 271 g/mol. The lowest BCUT2D eigenvalue weighted by atomic mass is 10.1. The summed E-state index contributed by atoms with van der Waals surface area (Å²) < 4.78 is 1.07. The Kier molecular flexibility index (Phi) is 4.45. The molecular formula is C12H19BrN2. The third-order valence-electron chi connectivity index (χ3n) is 2.84. The maximum atomic E-state index is 5.72. The lowest BCUT2D eigenvalue weighted by molar-refractivity contribution is 0.591. The molecular weight excluding hydrogens is 252 g/mol. The molecule has 15 heavy (non-hydrogen) atoms. The summed E-state index contributed by atoms with van der Waals surface area (Å²) in [6, 6.07) is 6.55. The highest BCUT2D eigenvalue weighted by Crippen LogP contribution is 2.29. The van der Waals surface area contributed by atoms with Gasteiger partial charge in [0.05, 0.1) is 5.69 Å². The molecule has 1 aromatic rings. The van der Waals surface area contributed by atoms with Crippen LogP contribution in [0.15, 0.2) is 22.7 Å². The van der Waals surface area contributed by atoms with Gasteiger partial charge in [-0.05, 0) is 47.0 Å². The third-order valence-corrected chi connectivity index (χ3v) is 3.48. The maximum absolute atomic E-state index is 5.72. The number of anilines is 2. The van der Waals surface area contributed by atoms with Crippen LogP contribution in [0, 0.1) is 0 Å². The number of hydrogen-bond acceptors (Lipinski definition) is 2. The fraction of sp³-hybridized carbons (Fsp3) is 0.500. The SMILES string of the molecule is CCC(CC)N(C)c1ccc(N)cc1Br. The van der Waals surface area contributed by atoms with E-state index in [-0.39, 0.29) is 0 Å². The van der Waals surface area contributed by atoms with Gasteiger partial charge in [0.2, 0.25) is 0 Å². The Bertz CT molecular complexity index is 321. The van der Waals surface area contributed by atoms with Crippen LogP contribution >= 0.6 is 15.9 Å². The summed E-state index contributed by atoms with van der Waals surface area (Å²) in [6.45, 7) is 4.44. The molecule has 0 saturated carbocycles. The first kappa shape index (κ1) is 12.4. The van der Waals surface area contributed by atoms with Crippen molar-refractivity contribution >= 4 is 27.3 Å². The predicted molar refractivity (Wildman–Crippen MR) is 71.3 cm³/mol. The molecule has 0 amide bonds. The zero-order valence-corrected chi connectivity index (χ0v) is 11.2. The van der Waals surface area contributed by atoms with Gasteiger partial charge in [0.25, 0.3) is 0 Å². The normalized spacial score (nSPS) is 10.7. The van der Waals surface area contributed by atoms with E-state index in [0.29, 0.717) is 6.04 Å². The number of nitrogens with two attached hydrogens (primary N) is 1. The van der Waals surface area contributed by atoms with E-state index in [4.69, 9.17) is 5.73 Å². The van der Waals surface area contributed by atoms with Crippen molar-refractivity contribution in [2.75, 3.05) is 17.7 Å². The molecule has 2 nitrogen and oxygen atoms in total. The minimum atomic E-state index is 0.588. The van der Waals surface area contributed by atoms with Gasteiger partial charge in [-0.2, -0.15) is 0 Å². The smallest absolute Gasteiger partial charge is 0.0512 e. The van der Waals surface area contributed by atoms with E-state index in [1.807, 2.05) is 12.1 Å². The molecule has 0 spiro atoms. The predicted octanol–water partition coefficient (Wildman–Crippen LogP) is 3.66. The Morgan fingerprint density at radius 2 is 1.93 bits per heavy atom. The van der Waals surface area contributed by atoms with Crippen molar-refractivity contribution in [3.05, 3.63) is 22.7 Å². The molecule has 84 valence electrons. The largest absolute Gasteiger partial charge is 0.399 e. The molecule has 0 fully saturated rings. The summed E-state index contributed by atoms with van der Waals surface area (Å²) in [6.07, 6.45) is 2.31. The fourth-order valence-electron chi connectivity index (χ4n) is 1.84. The number of rotatable bonds is 4. The summed E-state index contributed by atoms with van der Waals surface area (Å²) in [5, 5.41) is 0. The second-order valence-corrected chi connectivity index (χ2v) is 4.65. The van der Waals surface area contributed by atoms with Crippen molar-refractivity contribution in [3.8, 4) is 0 Å². The van der Waals surface area contributed by atoms with E-state index in [0.717, 1.165) is 23.0 Å². The van der Waals surface area contributed by atoms with Crippen molar-refractivity contribution in [2.24, 2.45) is 0 Å². The van der Waals surface area contributed by atoms with Crippen LogP contribution in [0.5, 0.6) is 0 Å². The van der Waals surface area contributed by atoms with Crippen molar-refractivity contribution in [1.82, 2.24) is 0 Å². The summed E-state index contributed by atoms with van der Waals surface area (Å²) in [4.78, 5) is 2.31. The van der Waals surface area contributed by atoms with Gasteiger partial charge in [-0.3, -0.25) is 0 Å². The zero-order chi connectivity index (χ0) is 11.4. The lowest BCUT2D eigenvalue weighted by Gasteiger charge is -2.29. The molecule has 1 aromatic carbocycles. The minimum Gasteiger partial charge on any atom is -0.399 e. The molecule has 0 saturated heterocycles. The highest BCUT2D eigenvalue weighted by molar-refractivity contribution is 9.10. The van der Waals surface area contributed by atoms with E-state index in [2.05, 4.69) is 47.8 Å². The van der Waals surface area contributed by atoms with Crippen LogP contribution in [0.1, 0.15) is 26.7 Å². The molecule has 0 aliphatic carbocycles. The molecule has 1 rings (SSSR count). The fourth-order valence-corrected chi connectivity index (χ4v) is 2.52. The molecule has 2 N–H and O–H groups in total. The van der Waals surface area contributed by atoms with E-state index >= 15 is 0 Å². The Morgan fingerprint density at radius 1 is 1.33 bits per heavy atom. The van der Waals surface area contributed by atoms with E-state index in [1.165, 1.54) is 5.69 Å². The monoisotopic (exact) mass is 270 g/mol. The Balaban J connectivity index is 2.94. The minimum absolute atomic E-state index is 0.588. The second-order valence-electron chi connectivity index (χ2n) is 3.79. The van der Waals surface area contributed by atoms with Crippen LogP contribution in [0.3, 0.4) is 0 Å². The van der Waals surface area contributed by atoms with E-state index in [1.54, 1.807) is 0 Å². The average Bonchev–Trinajstić information content (AvgIpc) is 2.19. The zero-order valence-electron chi connectivity index (χ0n) is 9.63. The quantitative estimate of drug-likeness (QED) is 0.847. The third kappa shape index (κ3) is 2.88. The van der Waals surface area contributed by atoms with Gasteiger partial charge in [-0.25, -0.2) is 0 Å². The van der Waals surface area contributed by atoms with Crippen molar-refractivity contribution < 1.29 is 0 Å². The van der Waals surface area contributed by atoms with Gasteiger partial charge in [-0.15, -0.1) is 0 Å². The second kappa shape index (κ2) is 5.40. The van der Waals surface area contributed by atoms with Crippen LogP contribution in [0.25, 0.3) is 0 Å². The number of halogens is 1. The maximum Gasteiger partial charge on any atom is 0.0512 e. The van der Waals surface area contributed by atoms with Gasteiger partial charge in [0, 0.05) is 23.2 Å². The summed E-state index contributed by atoms with van der Waals surface area (Å²) >= 11 is 3.55. The van der Waals surface area contributed by atoms with Gasteiger partial charge in [0.15, 0.2) is 0 Å². The van der Waals surface area contributed by atoms with E-state index < -0.39 is 0 Å². The number of nitrogens with zero attached hydrogens (tertiary/aromatic N) is 1. The molecule has 0 aromatic heterocycles. The van der Waals surface area contributed by atoms with Gasteiger partial charge >= 0.3 is 0 Å². The lowest BCUT2D eigenvalue weighted by Crippen LogP contribution is -2.30. The molecule has 0 bridgehead atoms. The highest BCUT2D eigenvalue weighted by Gasteiger charge is 2.13. The number of hydrogen-bond donors (Lipinski definition) is 1. The van der Waals surface area contributed by atoms with Crippen molar-refractivity contribution in [1.29, 1.82) is 0 Å². The molecule has 0 heterocycles. The van der Waals surface area contributed by atoms with Gasteiger partial charge in [-0.1, -0.05) is 13.8 Å². The van der Waals surface area contributed by atoms with Gasteiger partial charge in [0.1, 0.15) is 0 Å². The Morgan fingerprint density at radius 3 is 2.40 bits per heavy atom. The Labute approximate surface area is 101 Å². The molecule has 0 aliphatic heterocycles. The standard InChI is InChI=1S/C12H19BrN2/c1-4-10(5-2)15(3)12-7-6-9(14)8-11(12)13/h6-8,10H,4-5,14H2,1-3H3. The summed E-state index contributed by atoms with van der Waals surface area (Å²) in [5.74, 6) is 0. The molecule has 0 atom stereocenters. The molecule has 3 heteroatoms. The molecule has 0 unspecified atom stereocenters. The highest BCUT2D eigenvalue weighted by atomic mass is 79.9. The van der Waals surface area contributed by atoms with Crippen LogP contribution < -0.4 is 10.6 Å². The first-order valence-corrected chi connectivity index (χ1v) is 6.17. The van der Waals surface area contributed by atoms with Crippen molar-refractivity contribution in [3.63, 3.8) is 0 Å². The van der Waals surface area contributed by atoms with Crippen LogP contribution in [0.4, 0.5) is 11.4 Å².